The van der Waals surface area contributed by atoms with E-state index >= 15 is 0 Å². The van der Waals surface area contributed by atoms with Crippen molar-refractivity contribution < 1.29 is 4.74 Å². The molecule has 10 rings (SSSR count). The fraction of sp³-hybridized carbons (Fsp3) is 0.0204. The van der Waals surface area contributed by atoms with Gasteiger partial charge in [0.1, 0.15) is 11.5 Å². The lowest BCUT2D eigenvalue weighted by Gasteiger charge is -2.14. The summed E-state index contributed by atoms with van der Waals surface area (Å²) >= 11 is 0. The number of para-hydroxylation sites is 3. The predicted molar refractivity (Wildman–Crippen MR) is 219 cm³/mol. The maximum Gasteiger partial charge on any atom is 0.135 e. The summed E-state index contributed by atoms with van der Waals surface area (Å²) in [5.41, 5.74) is 13.8. The first-order chi connectivity index (χ1) is 25.7. The quantitative estimate of drug-likeness (QED) is 0.167. The van der Waals surface area contributed by atoms with Crippen LogP contribution in [0.5, 0.6) is 11.5 Å². The molecule has 0 fully saturated rings. The summed E-state index contributed by atoms with van der Waals surface area (Å²) in [7, 11) is 0. The van der Waals surface area contributed by atoms with Crippen LogP contribution in [0.4, 0.5) is 0 Å². The second-order valence-electron chi connectivity index (χ2n) is 13.3. The van der Waals surface area contributed by atoms with Crippen LogP contribution in [0.2, 0.25) is 0 Å². The molecule has 3 heteroatoms. The van der Waals surface area contributed by atoms with E-state index in [0.29, 0.717) is 0 Å². The van der Waals surface area contributed by atoms with E-state index in [4.69, 9.17) is 4.74 Å². The molecular weight excluding hydrogens is 633 g/mol. The van der Waals surface area contributed by atoms with E-state index in [1.54, 1.807) is 0 Å². The van der Waals surface area contributed by atoms with Crippen molar-refractivity contribution >= 4 is 49.3 Å². The van der Waals surface area contributed by atoms with Gasteiger partial charge >= 0.3 is 0 Å². The summed E-state index contributed by atoms with van der Waals surface area (Å²) in [6.07, 6.45) is 8.14. The highest BCUT2D eigenvalue weighted by Gasteiger charge is 2.22. The van der Waals surface area contributed by atoms with Gasteiger partial charge in [-0.1, -0.05) is 110 Å². The number of benzene rings is 7. The Balaban J connectivity index is 1.14. The van der Waals surface area contributed by atoms with Gasteiger partial charge in [0.05, 0.1) is 22.1 Å². The number of rotatable bonds is 5. The summed E-state index contributed by atoms with van der Waals surface area (Å²) in [5.74, 6) is 1.74. The molecule has 0 bridgehead atoms. The smallest absolute Gasteiger partial charge is 0.135 e. The van der Waals surface area contributed by atoms with Gasteiger partial charge in [0.15, 0.2) is 0 Å². The Hall–Kier alpha value is -6.84. The summed E-state index contributed by atoms with van der Waals surface area (Å²) in [6, 6.07) is 54.6. The van der Waals surface area contributed by atoms with Crippen LogP contribution in [0.1, 0.15) is 6.92 Å². The Kier molecular flexibility index (Phi) is 6.87. The van der Waals surface area contributed by atoms with Crippen molar-refractivity contribution in [3.63, 3.8) is 0 Å². The van der Waals surface area contributed by atoms with Gasteiger partial charge in [-0.05, 0) is 102 Å². The van der Waals surface area contributed by atoms with Crippen molar-refractivity contribution in [2.45, 2.75) is 6.92 Å². The van der Waals surface area contributed by atoms with E-state index in [1.807, 2.05) is 12.1 Å². The molecule has 0 aliphatic carbocycles. The first kappa shape index (κ1) is 30.0. The zero-order valence-corrected chi connectivity index (χ0v) is 28.8. The molecule has 7 aromatic carbocycles. The molecule has 3 nitrogen and oxygen atoms in total. The minimum absolute atomic E-state index is 0.860. The Morgan fingerprint density at radius 1 is 0.519 bits per heavy atom. The lowest BCUT2D eigenvalue weighted by atomic mass is 9.94. The molecule has 0 N–H and O–H groups in total. The Bertz CT molecular complexity index is 2970. The Morgan fingerprint density at radius 3 is 1.83 bits per heavy atom. The van der Waals surface area contributed by atoms with Crippen LogP contribution in [-0.2, 0) is 0 Å². The SMILES string of the molecule is C=C/C=C(\C=C/C)n1c2ccccc2c2cc(-c3ccc4c(c3)c3ccccc3n4-c3ccc4c(c3)-c3ccccc3-c3ccccc3O4)ccc21. The molecule has 0 saturated heterocycles. The standard InChI is InChI=1S/C49H34N2O/c1-3-13-34(14-4-2)50-44-20-10-7-17-38(44)41-29-32(23-26-46(41)50)33-24-27-47-42(30-33)39-18-8-11-21-45(39)51(47)35-25-28-49-43(31-35)37-16-6-5-15-36(37)40-19-9-12-22-48(40)52-49/h3-31H,1H2,2H3/b14-4-,34-13+. The van der Waals surface area contributed by atoms with E-state index in [1.165, 1.54) is 65.9 Å². The van der Waals surface area contributed by atoms with Gasteiger partial charge in [-0.2, -0.15) is 0 Å². The van der Waals surface area contributed by atoms with Crippen molar-refractivity contribution in [1.82, 2.24) is 9.13 Å². The summed E-state index contributed by atoms with van der Waals surface area (Å²) in [6.45, 7) is 6.03. The zero-order chi connectivity index (χ0) is 34.8. The van der Waals surface area contributed by atoms with E-state index in [9.17, 15) is 0 Å². The van der Waals surface area contributed by atoms with E-state index in [0.717, 1.165) is 34.0 Å². The monoisotopic (exact) mass is 666 g/mol. The van der Waals surface area contributed by atoms with Crippen LogP contribution < -0.4 is 4.74 Å². The van der Waals surface area contributed by atoms with Crippen LogP contribution in [0.15, 0.2) is 183 Å². The molecule has 0 saturated carbocycles. The van der Waals surface area contributed by atoms with Crippen molar-refractivity contribution in [2.75, 3.05) is 0 Å². The summed E-state index contributed by atoms with van der Waals surface area (Å²) < 4.78 is 11.3. The predicted octanol–water partition coefficient (Wildman–Crippen LogP) is 13.6. The van der Waals surface area contributed by atoms with Gasteiger partial charge in [0, 0.05) is 44.1 Å². The van der Waals surface area contributed by atoms with E-state index in [2.05, 4.69) is 186 Å². The van der Waals surface area contributed by atoms with Crippen molar-refractivity contribution in [1.29, 1.82) is 0 Å². The number of nitrogens with zero attached hydrogens (tertiary/aromatic N) is 2. The third kappa shape index (κ3) is 4.53. The number of hydrogen-bond acceptors (Lipinski definition) is 1. The minimum Gasteiger partial charge on any atom is -0.456 e. The van der Waals surface area contributed by atoms with Crippen LogP contribution >= 0.6 is 0 Å². The van der Waals surface area contributed by atoms with Crippen LogP contribution in [0, 0.1) is 0 Å². The first-order valence-electron chi connectivity index (χ1n) is 17.8. The number of fused-ring (bicyclic) bond motifs is 11. The number of allylic oxidation sites excluding steroid dienone is 5. The van der Waals surface area contributed by atoms with E-state index < -0.39 is 0 Å². The zero-order valence-electron chi connectivity index (χ0n) is 28.8. The first-order valence-corrected chi connectivity index (χ1v) is 17.8. The van der Waals surface area contributed by atoms with Crippen molar-refractivity contribution in [3.05, 3.63) is 183 Å². The van der Waals surface area contributed by atoms with Gasteiger partial charge in [-0.25, -0.2) is 0 Å². The summed E-state index contributed by atoms with van der Waals surface area (Å²) in [4.78, 5) is 0. The normalized spacial score (nSPS) is 12.6. The second kappa shape index (κ2) is 11.9. The molecular formula is C49H34N2O. The molecule has 2 aromatic heterocycles. The molecule has 0 radical (unpaired) electrons. The van der Waals surface area contributed by atoms with Gasteiger partial charge in [0.25, 0.3) is 0 Å². The molecule has 3 heterocycles. The molecule has 246 valence electrons. The van der Waals surface area contributed by atoms with Crippen molar-refractivity contribution in [3.8, 4) is 50.6 Å². The number of aromatic nitrogens is 2. The minimum atomic E-state index is 0.860. The average molecular weight is 667 g/mol. The highest BCUT2D eigenvalue weighted by atomic mass is 16.5. The fourth-order valence-corrected chi connectivity index (χ4v) is 8.16. The lowest BCUT2D eigenvalue weighted by Crippen LogP contribution is -1.96. The molecule has 1 aliphatic rings. The highest BCUT2D eigenvalue weighted by molar-refractivity contribution is 6.13. The van der Waals surface area contributed by atoms with Crippen molar-refractivity contribution in [2.24, 2.45) is 0 Å². The van der Waals surface area contributed by atoms with Gasteiger partial charge in [-0.3, -0.25) is 0 Å². The maximum absolute atomic E-state index is 6.57. The maximum atomic E-state index is 6.57. The third-order valence-electron chi connectivity index (χ3n) is 10.4. The van der Waals surface area contributed by atoms with Gasteiger partial charge < -0.3 is 13.9 Å². The highest BCUT2D eigenvalue weighted by Crippen LogP contribution is 2.47. The molecule has 0 atom stereocenters. The number of hydrogen-bond donors (Lipinski definition) is 0. The third-order valence-corrected chi connectivity index (χ3v) is 10.4. The molecule has 0 unspecified atom stereocenters. The fourth-order valence-electron chi connectivity index (χ4n) is 8.16. The molecule has 52 heavy (non-hydrogen) atoms. The van der Waals surface area contributed by atoms with Gasteiger partial charge in [-0.15, -0.1) is 0 Å². The topological polar surface area (TPSA) is 19.1 Å². The Morgan fingerprint density at radius 2 is 1.08 bits per heavy atom. The van der Waals surface area contributed by atoms with Crippen LogP contribution in [0.3, 0.4) is 0 Å². The van der Waals surface area contributed by atoms with Crippen LogP contribution in [-0.4, -0.2) is 9.13 Å². The lowest BCUT2D eigenvalue weighted by molar-refractivity contribution is 0.487. The molecule has 0 spiro atoms. The number of ether oxygens (including phenoxy) is 1. The molecule has 1 aliphatic heterocycles. The van der Waals surface area contributed by atoms with E-state index in [-0.39, 0.29) is 0 Å². The van der Waals surface area contributed by atoms with Gasteiger partial charge in [0.2, 0.25) is 0 Å². The largest absolute Gasteiger partial charge is 0.456 e. The summed E-state index contributed by atoms with van der Waals surface area (Å²) in [5, 5.41) is 4.90. The second-order valence-corrected chi connectivity index (χ2v) is 13.3. The van der Waals surface area contributed by atoms with Crippen LogP contribution in [0.25, 0.3) is 88.4 Å². The molecule has 9 aromatic rings. The molecule has 0 amide bonds. The Labute approximate surface area is 302 Å². The average Bonchev–Trinajstić information content (AvgIpc) is 3.65.